The second-order valence-corrected chi connectivity index (χ2v) is 4.54. The fraction of sp³-hybridized carbons (Fsp3) is 0.429. The summed E-state index contributed by atoms with van der Waals surface area (Å²) < 4.78 is 18.5. The van der Waals surface area contributed by atoms with Crippen LogP contribution in [0.5, 0.6) is 0 Å². The number of morpholine rings is 1. The van der Waals surface area contributed by atoms with Crippen LogP contribution in [0.4, 0.5) is 4.39 Å². The van der Waals surface area contributed by atoms with Crippen LogP contribution in [0.2, 0.25) is 0 Å². The highest BCUT2D eigenvalue weighted by atomic mass is 19.1. The van der Waals surface area contributed by atoms with Crippen LogP contribution >= 0.6 is 0 Å². The van der Waals surface area contributed by atoms with Crippen LogP contribution in [0.3, 0.4) is 0 Å². The molecule has 5 nitrogen and oxygen atoms in total. The molecule has 6 heteroatoms. The van der Waals surface area contributed by atoms with Crippen molar-refractivity contribution in [2.24, 2.45) is 0 Å². The van der Waals surface area contributed by atoms with Gasteiger partial charge in [-0.3, -0.25) is 9.59 Å². The third-order valence-electron chi connectivity index (χ3n) is 3.11. The molecule has 1 aliphatic rings. The van der Waals surface area contributed by atoms with Crippen molar-refractivity contribution >= 4 is 11.8 Å². The van der Waals surface area contributed by atoms with E-state index in [1.807, 2.05) is 0 Å². The zero-order chi connectivity index (χ0) is 14.4. The van der Waals surface area contributed by atoms with Crippen LogP contribution in [0.25, 0.3) is 0 Å². The van der Waals surface area contributed by atoms with E-state index in [1.165, 1.54) is 6.07 Å². The van der Waals surface area contributed by atoms with Gasteiger partial charge in [0.25, 0.3) is 0 Å². The van der Waals surface area contributed by atoms with E-state index in [2.05, 4.69) is 5.32 Å². The minimum absolute atomic E-state index is 0.0852. The third kappa shape index (κ3) is 4.03. The van der Waals surface area contributed by atoms with Crippen LogP contribution in [0.15, 0.2) is 24.3 Å². The largest absolute Gasteiger partial charge is 0.378 e. The molecule has 1 aromatic carbocycles. The van der Waals surface area contributed by atoms with Crippen molar-refractivity contribution < 1.29 is 18.7 Å². The van der Waals surface area contributed by atoms with Crippen molar-refractivity contribution in [2.75, 3.05) is 26.3 Å². The topological polar surface area (TPSA) is 58.6 Å². The number of nitrogens with one attached hydrogen (secondary N) is 1. The average molecular weight is 280 g/mol. The summed E-state index contributed by atoms with van der Waals surface area (Å²) in [5.74, 6) is -0.989. The van der Waals surface area contributed by atoms with Gasteiger partial charge in [0.05, 0.1) is 13.2 Å². The first-order chi connectivity index (χ1) is 9.66. The molecule has 0 bridgehead atoms. The highest BCUT2D eigenvalue weighted by molar-refractivity contribution is 5.96. The summed E-state index contributed by atoms with van der Waals surface area (Å²) in [5.41, 5.74) is 0.402. The molecular weight excluding hydrogens is 263 g/mol. The van der Waals surface area contributed by atoms with Gasteiger partial charge in [0.15, 0.2) is 0 Å². The van der Waals surface area contributed by atoms with Crippen LogP contribution < -0.4 is 5.32 Å². The lowest BCUT2D eigenvalue weighted by molar-refractivity contribution is -0.139. The van der Waals surface area contributed by atoms with Gasteiger partial charge in [0.2, 0.25) is 11.8 Å². The quantitative estimate of drug-likeness (QED) is 0.826. The van der Waals surface area contributed by atoms with Crippen LogP contribution in [-0.4, -0.2) is 43.0 Å². The van der Waals surface area contributed by atoms with Gasteiger partial charge in [-0.15, -0.1) is 0 Å². The number of carbonyl (C=O) groups excluding carboxylic acids is 2. The minimum Gasteiger partial charge on any atom is -0.378 e. The number of nitrogens with zero attached hydrogens (tertiary/aromatic N) is 1. The van der Waals surface area contributed by atoms with E-state index in [0.717, 1.165) is 0 Å². The summed E-state index contributed by atoms with van der Waals surface area (Å²) in [6, 6.07) is 6.21. The molecule has 2 amide bonds. The van der Waals surface area contributed by atoms with Crippen LogP contribution in [0, 0.1) is 5.82 Å². The summed E-state index contributed by atoms with van der Waals surface area (Å²) in [6.07, 6.45) is -0.214. The number of ether oxygens (including phenoxy) is 1. The van der Waals surface area contributed by atoms with E-state index in [1.54, 1.807) is 23.1 Å². The highest BCUT2D eigenvalue weighted by Crippen LogP contribution is 2.06. The first-order valence-electron chi connectivity index (χ1n) is 6.52. The summed E-state index contributed by atoms with van der Waals surface area (Å²) >= 11 is 0. The molecule has 0 aromatic heterocycles. The Morgan fingerprint density at radius 1 is 1.25 bits per heavy atom. The zero-order valence-corrected chi connectivity index (χ0v) is 11.1. The Kier molecular flexibility index (Phi) is 5.06. The molecule has 0 radical (unpaired) electrons. The predicted molar refractivity (Wildman–Crippen MR) is 70.3 cm³/mol. The normalized spacial score (nSPS) is 14.9. The Hall–Kier alpha value is -1.95. The average Bonchev–Trinajstić information content (AvgIpc) is 2.47. The minimum atomic E-state index is -0.398. The van der Waals surface area contributed by atoms with E-state index in [-0.39, 0.29) is 24.7 Å². The lowest BCUT2D eigenvalue weighted by Crippen LogP contribution is -2.42. The van der Waals surface area contributed by atoms with Gasteiger partial charge in [-0.05, 0) is 6.07 Å². The Balaban J connectivity index is 1.77. The Morgan fingerprint density at radius 2 is 1.95 bits per heavy atom. The number of amides is 2. The van der Waals surface area contributed by atoms with E-state index >= 15 is 0 Å². The van der Waals surface area contributed by atoms with Gasteiger partial charge < -0.3 is 15.0 Å². The van der Waals surface area contributed by atoms with Gasteiger partial charge >= 0.3 is 0 Å². The molecule has 0 unspecified atom stereocenters. The molecule has 0 saturated carbocycles. The maximum atomic E-state index is 13.4. The Labute approximate surface area is 116 Å². The smallest absolute Gasteiger partial charge is 0.232 e. The van der Waals surface area contributed by atoms with Crippen molar-refractivity contribution in [1.82, 2.24) is 10.2 Å². The van der Waals surface area contributed by atoms with E-state index in [9.17, 15) is 14.0 Å². The number of carbonyl (C=O) groups is 2. The Bertz CT molecular complexity index is 487. The number of rotatable bonds is 4. The SMILES string of the molecule is O=C(CC(=O)N1CCOCC1)NCc1ccccc1F. The lowest BCUT2D eigenvalue weighted by Gasteiger charge is -2.26. The van der Waals surface area contributed by atoms with Crippen molar-refractivity contribution in [3.05, 3.63) is 35.6 Å². The molecule has 1 aliphatic heterocycles. The third-order valence-corrected chi connectivity index (χ3v) is 3.11. The number of hydrogen-bond donors (Lipinski definition) is 1. The van der Waals surface area contributed by atoms with Gasteiger partial charge in [0, 0.05) is 25.2 Å². The first-order valence-corrected chi connectivity index (χ1v) is 6.52. The van der Waals surface area contributed by atoms with Gasteiger partial charge in [-0.1, -0.05) is 18.2 Å². The second kappa shape index (κ2) is 7.00. The maximum absolute atomic E-state index is 13.4. The van der Waals surface area contributed by atoms with Gasteiger partial charge in [-0.2, -0.15) is 0 Å². The first kappa shape index (κ1) is 14.5. The molecule has 1 fully saturated rings. The molecule has 0 aliphatic carbocycles. The molecular formula is C14H17FN2O3. The zero-order valence-electron chi connectivity index (χ0n) is 11.1. The molecule has 1 heterocycles. The molecule has 0 spiro atoms. The van der Waals surface area contributed by atoms with E-state index < -0.39 is 5.91 Å². The molecule has 108 valence electrons. The Morgan fingerprint density at radius 3 is 2.65 bits per heavy atom. The van der Waals surface area contributed by atoms with Crippen molar-refractivity contribution in [3.63, 3.8) is 0 Å². The molecule has 0 atom stereocenters. The van der Waals surface area contributed by atoms with E-state index in [0.29, 0.717) is 31.9 Å². The molecule has 20 heavy (non-hydrogen) atoms. The van der Waals surface area contributed by atoms with Gasteiger partial charge in [0.1, 0.15) is 12.2 Å². The standard InChI is InChI=1S/C14H17FN2O3/c15-12-4-2-1-3-11(12)10-16-13(18)9-14(19)17-5-7-20-8-6-17/h1-4H,5-10H2,(H,16,18). The van der Waals surface area contributed by atoms with Crippen LogP contribution in [0.1, 0.15) is 12.0 Å². The summed E-state index contributed by atoms with van der Waals surface area (Å²) in [6.45, 7) is 2.12. The maximum Gasteiger partial charge on any atom is 0.232 e. The monoisotopic (exact) mass is 280 g/mol. The molecule has 1 N–H and O–H groups in total. The van der Waals surface area contributed by atoms with Crippen molar-refractivity contribution in [2.45, 2.75) is 13.0 Å². The molecule has 2 rings (SSSR count). The van der Waals surface area contributed by atoms with Crippen molar-refractivity contribution in [1.29, 1.82) is 0 Å². The van der Waals surface area contributed by atoms with Crippen LogP contribution in [-0.2, 0) is 20.9 Å². The number of benzene rings is 1. The van der Waals surface area contributed by atoms with E-state index in [4.69, 9.17) is 4.74 Å². The second-order valence-electron chi connectivity index (χ2n) is 4.54. The fourth-order valence-electron chi connectivity index (χ4n) is 1.96. The highest BCUT2D eigenvalue weighted by Gasteiger charge is 2.19. The lowest BCUT2D eigenvalue weighted by atomic mass is 10.2. The summed E-state index contributed by atoms with van der Waals surface area (Å²) in [7, 11) is 0. The summed E-state index contributed by atoms with van der Waals surface area (Å²) in [4.78, 5) is 25.1. The number of halogens is 1. The number of hydrogen-bond acceptors (Lipinski definition) is 3. The summed E-state index contributed by atoms with van der Waals surface area (Å²) in [5, 5.41) is 2.55. The van der Waals surface area contributed by atoms with Crippen molar-refractivity contribution in [3.8, 4) is 0 Å². The van der Waals surface area contributed by atoms with Gasteiger partial charge in [-0.25, -0.2) is 4.39 Å². The fourth-order valence-corrected chi connectivity index (χ4v) is 1.96. The molecule has 1 aromatic rings. The molecule has 1 saturated heterocycles. The predicted octanol–water partition coefficient (Wildman–Crippen LogP) is 0.691.